The summed E-state index contributed by atoms with van der Waals surface area (Å²) in [6.45, 7) is 2.63. The molecule has 3 unspecified atom stereocenters. The van der Waals surface area contributed by atoms with Crippen LogP contribution in [0.25, 0.3) is 10.9 Å². The maximum atomic E-state index is 15.0. The lowest BCUT2D eigenvalue weighted by atomic mass is 9.93. The lowest BCUT2D eigenvalue weighted by Gasteiger charge is -2.36. The SMILES string of the molecule is CC[C@H](C)[C@@H]1NC(=O)CNC(O)[C@H]2Cc3c([nH]c4cc(OCCCCCCN5C(=O)C=CC5=O)ccc34)S(=O)C[C@H](NC(=O)CNC1=O)C(=O)N[C@@H](CC(N)=O)C(O)N1C[C@H](O)C[C@H]1C(=O)N[C@@H]([C@@H](C)[C@@H](O)CO)C(=O)N2. The number of aliphatic hydroxyl groups is 5. The Morgan fingerprint density at radius 3 is 2.25 bits per heavy atom. The number of benzene rings is 1. The van der Waals surface area contributed by atoms with Crippen LogP contribution in [0.3, 0.4) is 0 Å². The van der Waals surface area contributed by atoms with Crippen LogP contribution in [0.4, 0.5) is 0 Å². The Labute approximate surface area is 445 Å². The number of nitrogens with zero attached hydrogens (tertiary/aromatic N) is 2. The standard InChI is InChI=1S/C49H71N11O16S/c1-4-24(2)41-46(72)52-19-37(65)53-33-23-77(75)48-29(28-10-9-27(16-30(28)56-48)76-14-8-6-5-7-13-59-39(67)11-12-40(59)68)17-31(43(69)51-20-38(66)57-41)54-47(73)42(25(3)35(63)22-61)58-45(71)34-15-26(62)21-60(34)49(74)32(18-36(50)64)55-44(33)70/h9-12,16,24-26,31-35,41-43,49,51,56,61-63,69,74H,4-8,13-15,17-23H2,1-3H3,(H2,50,64)(H,52,72)(H,53,65)(H,54,73)(H,55,70)(H,57,66)(H,58,71)/t24-,25-,26+,31+,32-,33-,34-,35-,41-,42-,43?,49?,77?/m0/s1. The summed E-state index contributed by atoms with van der Waals surface area (Å²) in [6, 6.07) is -4.53. The Morgan fingerprint density at radius 2 is 1.56 bits per heavy atom. The molecular formula is C49H71N11O16S. The fraction of sp³-hybridized carbons (Fsp3) is 0.612. The van der Waals surface area contributed by atoms with Gasteiger partial charge >= 0.3 is 0 Å². The smallest absolute Gasteiger partial charge is 0.253 e. The van der Waals surface area contributed by atoms with E-state index in [1.165, 1.54) is 24.0 Å². The quantitative estimate of drug-likeness (QED) is 0.0586. The molecule has 0 spiro atoms. The molecule has 0 aliphatic carbocycles. The third-order valence-corrected chi connectivity index (χ3v) is 15.7. The van der Waals surface area contributed by atoms with Gasteiger partial charge in [-0.3, -0.25) is 62.5 Å². The molecule has 2 bridgehead atoms. The number of imide groups is 1. The highest BCUT2D eigenvalue weighted by Gasteiger charge is 2.45. The molecule has 0 radical (unpaired) electrons. The number of nitrogens with one attached hydrogen (secondary N) is 8. The van der Waals surface area contributed by atoms with Crippen molar-refractivity contribution in [2.24, 2.45) is 17.6 Å². The molecule has 4 aliphatic rings. The third kappa shape index (κ3) is 15.4. The van der Waals surface area contributed by atoms with Crippen LogP contribution in [0, 0.1) is 11.8 Å². The number of primary amides is 1. The molecule has 1 saturated heterocycles. The first-order chi connectivity index (χ1) is 36.6. The van der Waals surface area contributed by atoms with Crippen molar-refractivity contribution in [3.8, 4) is 5.75 Å². The minimum atomic E-state index is -2.35. The number of carbonyl (C=O) groups is 9. The monoisotopic (exact) mass is 1100 g/mol. The van der Waals surface area contributed by atoms with E-state index in [9.17, 15) is 68.7 Å². The van der Waals surface area contributed by atoms with Crippen molar-refractivity contribution in [3.05, 3.63) is 35.9 Å². The number of aromatic amines is 1. The fourth-order valence-corrected chi connectivity index (χ4v) is 11.0. The average Bonchev–Trinajstić information content (AvgIpc) is 4.11. The molecule has 6 rings (SSSR count). The number of hydrogen-bond acceptors (Lipinski definition) is 18. The van der Waals surface area contributed by atoms with E-state index in [1.54, 1.807) is 32.0 Å². The van der Waals surface area contributed by atoms with Gasteiger partial charge in [0.1, 0.15) is 41.4 Å². The van der Waals surface area contributed by atoms with Crippen molar-refractivity contribution >= 4 is 74.9 Å². The normalized spacial score (nSPS) is 28.8. The van der Waals surface area contributed by atoms with Crippen molar-refractivity contribution in [2.45, 2.75) is 138 Å². The molecule has 9 amide bonds. The summed E-state index contributed by atoms with van der Waals surface area (Å²) in [5, 5.41) is 73.9. The topological polar surface area (TPSA) is 414 Å². The first kappa shape index (κ1) is 59.8. The van der Waals surface area contributed by atoms with Crippen LogP contribution in [-0.4, -0.2) is 204 Å². The Balaban J connectivity index is 1.44. The zero-order valence-electron chi connectivity index (χ0n) is 43.0. The lowest BCUT2D eigenvalue weighted by molar-refractivity contribution is -0.139. The van der Waals surface area contributed by atoms with Gasteiger partial charge in [0.2, 0.25) is 41.4 Å². The number of amides is 9. The number of rotatable bonds is 15. The van der Waals surface area contributed by atoms with Gasteiger partial charge in [0, 0.05) is 42.6 Å². The molecule has 1 aromatic carbocycles. The van der Waals surface area contributed by atoms with Gasteiger partial charge < -0.3 is 72.9 Å². The van der Waals surface area contributed by atoms with Gasteiger partial charge in [0.05, 0.1) is 85.1 Å². The number of carbonyl (C=O) groups excluding carboxylic acids is 9. The van der Waals surface area contributed by atoms with Crippen molar-refractivity contribution < 1.29 is 77.6 Å². The second-order valence-electron chi connectivity index (χ2n) is 19.9. The van der Waals surface area contributed by atoms with E-state index >= 15 is 4.21 Å². The van der Waals surface area contributed by atoms with Crippen LogP contribution in [0.15, 0.2) is 35.4 Å². The molecular weight excluding hydrogens is 1030 g/mol. The summed E-state index contributed by atoms with van der Waals surface area (Å²) in [5.41, 5.74) is 6.09. The summed E-state index contributed by atoms with van der Waals surface area (Å²) < 4.78 is 21.1. The molecule has 2 aromatic rings. The predicted molar refractivity (Wildman–Crippen MR) is 272 cm³/mol. The molecule has 5 heterocycles. The summed E-state index contributed by atoms with van der Waals surface area (Å²) >= 11 is 0. The number of ether oxygens (including phenoxy) is 1. The molecule has 4 aliphatic heterocycles. The Morgan fingerprint density at radius 1 is 0.857 bits per heavy atom. The summed E-state index contributed by atoms with van der Waals surface area (Å²) in [6.07, 6.45) is -2.83. The number of H-pyrrole nitrogens is 1. The fourth-order valence-electron chi connectivity index (χ4n) is 9.63. The molecule has 0 saturated carbocycles. The van der Waals surface area contributed by atoms with E-state index in [0.717, 1.165) is 4.90 Å². The van der Waals surface area contributed by atoms with E-state index in [-0.39, 0.29) is 42.0 Å². The second-order valence-corrected chi connectivity index (χ2v) is 21.3. The second kappa shape index (κ2) is 27.3. The van der Waals surface area contributed by atoms with Gasteiger partial charge in [-0.15, -0.1) is 0 Å². The van der Waals surface area contributed by atoms with Crippen LogP contribution >= 0.6 is 0 Å². The van der Waals surface area contributed by atoms with Gasteiger partial charge in [0.25, 0.3) is 11.8 Å². The zero-order valence-corrected chi connectivity index (χ0v) is 43.8. The maximum absolute atomic E-state index is 15.0. The van der Waals surface area contributed by atoms with E-state index in [4.69, 9.17) is 10.5 Å². The lowest BCUT2D eigenvalue weighted by Crippen LogP contribution is -2.63. The Hall–Kier alpha value is -6.40. The molecule has 77 heavy (non-hydrogen) atoms. The highest BCUT2D eigenvalue weighted by molar-refractivity contribution is 7.85. The van der Waals surface area contributed by atoms with Gasteiger partial charge in [-0.05, 0) is 49.3 Å². The summed E-state index contributed by atoms with van der Waals surface area (Å²) in [4.78, 5) is 126. The van der Waals surface area contributed by atoms with Crippen LogP contribution in [0.2, 0.25) is 0 Å². The third-order valence-electron chi connectivity index (χ3n) is 14.3. The predicted octanol–water partition coefficient (Wildman–Crippen LogP) is -5.18. The molecule has 27 nitrogen and oxygen atoms in total. The number of aromatic nitrogens is 1. The minimum Gasteiger partial charge on any atom is -0.494 e. The van der Waals surface area contributed by atoms with Crippen LogP contribution in [0.5, 0.6) is 5.75 Å². The average molecular weight is 1100 g/mol. The molecule has 15 N–H and O–H groups in total. The zero-order chi connectivity index (χ0) is 56.2. The van der Waals surface area contributed by atoms with Crippen molar-refractivity contribution in [3.63, 3.8) is 0 Å². The van der Waals surface area contributed by atoms with E-state index in [0.29, 0.717) is 48.8 Å². The number of nitrogens with two attached hydrogens (primary N) is 1. The number of aliphatic hydroxyl groups excluding tert-OH is 5. The summed E-state index contributed by atoms with van der Waals surface area (Å²) in [5.74, 6) is -9.55. The van der Waals surface area contributed by atoms with Gasteiger partial charge in [-0.25, -0.2) is 0 Å². The molecule has 13 atom stereocenters. The van der Waals surface area contributed by atoms with Crippen LogP contribution in [0.1, 0.15) is 71.3 Å². The summed E-state index contributed by atoms with van der Waals surface area (Å²) in [7, 11) is -2.35. The van der Waals surface area contributed by atoms with E-state index in [2.05, 4.69) is 42.2 Å². The first-order valence-electron chi connectivity index (χ1n) is 25.7. The highest BCUT2D eigenvalue weighted by atomic mass is 32.2. The number of fused-ring (bicyclic) bond motifs is 5. The van der Waals surface area contributed by atoms with Gasteiger partial charge in [0.15, 0.2) is 0 Å². The molecule has 1 aromatic heterocycles. The van der Waals surface area contributed by atoms with Crippen molar-refractivity contribution in [2.75, 3.05) is 45.1 Å². The van der Waals surface area contributed by atoms with Crippen LogP contribution < -0.4 is 47.7 Å². The number of unbranched alkanes of at least 4 members (excludes halogenated alkanes) is 3. The van der Waals surface area contributed by atoms with E-state index in [1.807, 2.05) is 0 Å². The Bertz CT molecular complexity index is 2560. The first-order valence-corrected chi connectivity index (χ1v) is 27.0. The number of hydrogen-bond donors (Lipinski definition) is 14. The van der Waals surface area contributed by atoms with Crippen molar-refractivity contribution in [1.82, 2.24) is 52.0 Å². The molecule has 28 heteroatoms. The van der Waals surface area contributed by atoms with Crippen LogP contribution in [-0.2, 0) is 60.4 Å². The minimum absolute atomic E-state index is 0.0815. The largest absolute Gasteiger partial charge is 0.494 e. The van der Waals surface area contributed by atoms with Gasteiger partial charge in [-0.1, -0.05) is 40.0 Å². The van der Waals surface area contributed by atoms with Crippen molar-refractivity contribution in [1.29, 1.82) is 0 Å². The maximum Gasteiger partial charge on any atom is 0.253 e. The molecule has 1 fully saturated rings. The van der Waals surface area contributed by atoms with Gasteiger partial charge in [-0.2, -0.15) is 0 Å². The highest BCUT2D eigenvalue weighted by Crippen LogP contribution is 2.31. The Kier molecular flexibility index (Phi) is 21.2. The molecule has 424 valence electrons. The van der Waals surface area contributed by atoms with E-state index < -0.39 is 170 Å².